The molecule has 1 unspecified atom stereocenters. The fourth-order valence-electron chi connectivity index (χ4n) is 2.32. The van der Waals surface area contributed by atoms with Crippen LogP contribution in [0.15, 0.2) is 36.4 Å². The van der Waals surface area contributed by atoms with E-state index >= 15 is 0 Å². The second kappa shape index (κ2) is 8.04. The average Bonchev–Trinajstić information content (AvgIpc) is 2.61. The molecule has 2 rings (SSSR count). The zero-order valence-corrected chi connectivity index (χ0v) is 14.6. The van der Waals surface area contributed by atoms with Crippen molar-refractivity contribution < 1.29 is 19.4 Å². The lowest BCUT2D eigenvalue weighted by molar-refractivity contribution is 0.0914. The Morgan fingerprint density at radius 3 is 2.67 bits per heavy atom. The van der Waals surface area contributed by atoms with E-state index in [0.717, 1.165) is 5.56 Å². The van der Waals surface area contributed by atoms with Gasteiger partial charge in [-0.2, -0.15) is 0 Å². The minimum atomic E-state index is -0.942. The van der Waals surface area contributed by atoms with Crippen LogP contribution in [0.1, 0.15) is 27.6 Å². The number of ether oxygens (including phenoxy) is 2. The van der Waals surface area contributed by atoms with Gasteiger partial charge in [0.05, 0.1) is 24.8 Å². The van der Waals surface area contributed by atoms with Gasteiger partial charge >= 0.3 is 0 Å². The molecule has 2 N–H and O–H groups in total. The van der Waals surface area contributed by atoms with Crippen LogP contribution in [0, 0.1) is 6.92 Å². The third-order valence-corrected chi connectivity index (χ3v) is 4.19. The van der Waals surface area contributed by atoms with E-state index in [1.165, 1.54) is 7.11 Å². The first-order valence-electron chi connectivity index (χ1n) is 7.41. The molecule has 0 saturated heterocycles. The molecule has 0 heterocycles. The molecule has 0 fully saturated rings. The van der Waals surface area contributed by atoms with Crippen molar-refractivity contribution in [2.45, 2.75) is 13.0 Å². The molecule has 0 aliphatic carbocycles. The maximum atomic E-state index is 12.3. The smallest absolute Gasteiger partial charge is 0.252 e. The summed E-state index contributed by atoms with van der Waals surface area (Å²) >= 11 is 6.15. The minimum Gasteiger partial charge on any atom is -0.497 e. The van der Waals surface area contributed by atoms with Gasteiger partial charge in [0, 0.05) is 12.1 Å². The number of hydrogen-bond donors (Lipinski definition) is 2. The van der Waals surface area contributed by atoms with Crippen LogP contribution in [0.4, 0.5) is 0 Å². The molecule has 0 radical (unpaired) electrons. The molecule has 6 heteroatoms. The van der Waals surface area contributed by atoms with E-state index in [2.05, 4.69) is 5.32 Å². The van der Waals surface area contributed by atoms with E-state index < -0.39 is 6.10 Å². The Balaban J connectivity index is 2.11. The minimum absolute atomic E-state index is 0.0205. The van der Waals surface area contributed by atoms with Gasteiger partial charge in [-0.25, -0.2) is 0 Å². The van der Waals surface area contributed by atoms with E-state index in [0.29, 0.717) is 27.6 Å². The van der Waals surface area contributed by atoms with E-state index in [4.69, 9.17) is 21.1 Å². The number of methoxy groups -OCH3 is 2. The van der Waals surface area contributed by atoms with Gasteiger partial charge in [0.2, 0.25) is 0 Å². The van der Waals surface area contributed by atoms with Crippen molar-refractivity contribution in [1.82, 2.24) is 5.32 Å². The largest absolute Gasteiger partial charge is 0.497 e. The number of amides is 1. The second-order valence-corrected chi connectivity index (χ2v) is 5.65. The Morgan fingerprint density at radius 2 is 2.00 bits per heavy atom. The molecular weight excluding hydrogens is 330 g/mol. The first-order chi connectivity index (χ1) is 11.5. The number of rotatable bonds is 6. The van der Waals surface area contributed by atoms with Crippen molar-refractivity contribution in [3.63, 3.8) is 0 Å². The molecule has 1 atom stereocenters. The molecular formula is C18H20ClNO4. The summed E-state index contributed by atoms with van der Waals surface area (Å²) < 4.78 is 10.4. The van der Waals surface area contributed by atoms with Crippen LogP contribution < -0.4 is 14.8 Å². The fourth-order valence-corrected chi connectivity index (χ4v) is 2.53. The van der Waals surface area contributed by atoms with Crippen LogP contribution >= 0.6 is 11.6 Å². The Labute approximate surface area is 146 Å². The van der Waals surface area contributed by atoms with Crippen LogP contribution in [0.25, 0.3) is 0 Å². The molecule has 2 aromatic carbocycles. The maximum absolute atomic E-state index is 12.3. The normalized spacial score (nSPS) is 11.7. The molecule has 0 aliphatic heterocycles. The SMILES string of the molecule is COc1ccc(OC)c(C(O)CNC(=O)c2cccc(C)c2Cl)c1. The Morgan fingerprint density at radius 1 is 1.25 bits per heavy atom. The van der Waals surface area contributed by atoms with Gasteiger partial charge in [0.15, 0.2) is 0 Å². The second-order valence-electron chi connectivity index (χ2n) is 5.27. The first-order valence-corrected chi connectivity index (χ1v) is 7.79. The van der Waals surface area contributed by atoms with Gasteiger partial charge in [-0.05, 0) is 36.8 Å². The van der Waals surface area contributed by atoms with Gasteiger partial charge in [-0.3, -0.25) is 4.79 Å². The zero-order valence-electron chi connectivity index (χ0n) is 13.8. The average molecular weight is 350 g/mol. The van der Waals surface area contributed by atoms with Gasteiger partial charge < -0.3 is 19.9 Å². The summed E-state index contributed by atoms with van der Waals surface area (Å²) in [4.78, 5) is 12.3. The first kappa shape index (κ1) is 18.1. The highest BCUT2D eigenvalue weighted by Crippen LogP contribution is 2.29. The molecule has 24 heavy (non-hydrogen) atoms. The van der Waals surface area contributed by atoms with Gasteiger partial charge in [-0.1, -0.05) is 23.7 Å². The van der Waals surface area contributed by atoms with Crippen molar-refractivity contribution in [2.24, 2.45) is 0 Å². The number of aliphatic hydroxyl groups excluding tert-OH is 1. The predicted octanol–water partition coefficient (Wildman–Crippen LogP) is 3.13. The number of aryl methyl sites for hydroxylation is 1. The van der Waals surface area contributed by atoms with Crippen molar-refractivity contribution in [3.8, 4) is 11.5 Å². The summed E-state index contributed by atoms with van der Waals surface area (Å²) in [6, 6.07) is 10.3. The lowest BCUT2D eigenvalue weighted by Crippen LogP contribution is -2.28. The summed E-state index contributed by atoms with van der Waals surface area (Å²) in [5, 5.41) is 13.5. The number of hydrogen-bond acceptors (Lipinski definition) is 4. The number of nitrogens with one attached hydrogen (secondary N) is 1. The topological polar surface area (TPSA) is 67.8 Å². The van der Waals surface area contributed by atoms with Crippen LogP contribution in [0.5, 0.6) is 11.5 Å². The molecule has 128 valence electrons. The molecule has 1 amide bonds. The zero-order chi connectivity index (χ0) is 17.7. The van der Waals surface area contributed by atoms with Crippen molar-refractivity contribution in [1.29, 1.82) is 0 Å². The quantitative estimate of drug-likeness (QED) is 0.840. The van der Waals surface area contributed by atoms with Crippen LogP contribution in [0.2, 0.25) is 5.02 Å². The molecule has 2 aromatic rings. The summed E-state index contributed by atoms with van der Waals surface area (Å²) in [5.41, 5.74) is 1.73. The summed E-state index contributed by atoms with van der Waals surface area (Å²) in [6.07, 6.45) is -0.942. The molecule has 0 spiro atoms. The third kappa shape index (κ3) is 3.99. The standard InChI is InChI=1S/C18H20ClNO4/c1-11-5-4-6-13(17(11)19)18(22)20-10-15(21)14-9-12(23-2)7-8-16(14)24-3/h4-9,15,21H,10H2,1-3H3,(H,20,22). The number of carbonyl (C=O) groups excluding carboxylic acids is 1. The highest BCUT2D eigenvalue weighted by atomic mass is 35.5. The van der Waals surface area contributed by atoms with Crippen LogP contribution in [-0.2, 0) is 0 Å². The van der Waals surface area contributed by atoms with E-state index in [9.17, 15) is 9.90 Å². The van der Waals surface area contributed by atoms with E-state index in [1.807, 2.05) is 13.0 Å². The number of carbonyl (C=O) groups is 1. The number of aliphatic hydroxyl groups is 1. The fraction of sp³-hybridized carbons (Fsp3) is 0.278. The summed E-state index contributed by atoms with van der Waals surface area (Å²) in [7, 11) is 3.06. The molecule has 0 bridgehead atoms. The van der Waals surface area contributed by atoms with Crippen molar-refractivity contribution in [2.75, 3.05) is 20.8 Å². The Bertz CT molecular complexity index is 733. The lowest BCUT2D eigenvalue weighted by atomic mass is 10.1. The van der Waals surface area contributed by atoms with Gasteiger partial charge in [0.1, 0.15) is 17.6 Å². The predicted molar refractivity (Wildman–Crippen MR) is 93.0 cm³/mol. The summed E-state index contributed by atoms with van der Waals surface area (Å²) in [5.74, 6) is 0.772. The lowest BCUT2D eigenvalue weighted by Gasteiger charge is -2.17. The highest BCUT2D eigenvalue weighted by Gasteiger charge is 2.17. The molecule has 0 aliphatic rings. The van der Waals surface area contributed by atoms with E-state index in [-0.39, 0.29) is 12.5 Å². The monoisotopic (exact) mass is 349 g/mol. The summed E-state index contributed by atoms with van der Waals surface area (Å²) in [6.45, 7) is 1.85. The molecule has 5 nitrogen and oxygen atoms in total. The maximum Gasteiger partial charge on any atom is 0.252 e. The number of benzene rings is 2. The van der Waals surface area contributed by atoms with Gasteiger partial charge in [-0.15, -0.1) is 0 Å². The van der Waals surface area contributed by atoms with Crippen molar-refractivity contribution >= 4 is 17.5 Å². The molecule has 0 aromatic heterocycles. The Kier molecular flexibility index (Phi) is 6.06. The third-order valence-electron chi connectivity index (χ3n) is 3.69. The van der Waals surface area contributed by atoms with Crippen molar-refractivity contribution in [3.05, 3.63) is 58.1 Å². The van der Waals surface area contributed by atoms with Gasteiger partial charge in [0.25, 0.3) is 5.91 Å². The number of halogens is 1. The Hall–Kier alpha value is -2.24. The highest BCUT2D eigenvalue weighted by molar-refractivity contribution is 6.34. The van der Waals surface area contributed by atoms with Crippen LogP contribution in [-0.4, -0.2) is 31.8 Å². The van der Waals surface area contributed by atoms with E-state index in [1.54, 1.807) is 37.4 Å². The molecule has 0 saturated carbocycles. The van der Waals surface area contributed by atoms with Crippen LogP contribution in [0.3, 0.4) is 0 Å².